The molecule has 1 saturated heterocycles. The molecule has 1 aromatic heterocycles. The van der Waals surface area contributed by atoms with Crippen LogP contribution in [0.4, 0.5) is 18.0 Å². The second kappa shape index (κ2) is 6.07. The van der Waals surface area contributed by atoms with Crippen LogP contribution in [0.2, 0.25) is 0 Å². The smallest absolute Gasteiger partial charge is 0.417 e. The van der Waals surface area contributed by atoms with Gasteiger partial charge in [0.25, 0.3) is 0 Å². The van der Waals surface area contributed by atoms with E-state index in [1.54, 1.807) is 25.7 Å². The molecular weight excluding hydrogens is 337 g/mol. The molecule has 3 rings (SSSR count). The molecule has 0 N–H and O–H groups in total. The maximum Gasteiger partial charge on any atom is 0.417 e. The second-order valence-corrected chi connectivity index (χ2v) is 7.58. The number of amides is 1. The number of halogens is 3. The summed E-state index contributed by atoms with van der Waals surface area (Å²) in [5, 5.41) is 0. The standard InChI is InChI=1S/C17H21F3N2O3/c1-16(2,3)25-15(23)22-9-10-6-12(22)13(7-10)24-14-5-4-11(8-21-14)17(18,19)20/h4-5,8,10,12-13H,6-7,9H2,1-3H3/t10?,12-,13?/m1/s1. The van der Waals surface area contributed by atoms with Crippen molar-refractivity contribution in [2.24, 2.45) is 5.92 Å². The number of alkyl halides is 3. The number of nitrogens with zero attached hydrogens (tertiary/aromatic N) is 2. The number of carbonyl (C=O) groups is 1. The van der Waals surface area contributed by atoms with E-state index in [0.29, 0.717) is 12.5 Å². The third-order valence-electron chi connectivity index (χ3n) is 4.39. The third kappa shape index (κ3) is 3.99. The van der Waals surface area contributed by atoms with E-state index < -0.39 is 17.3 Å². The zero-order valence-electron chi connectivity index (χ0n) is 14.3. The average Bonchev–Trinajstić information content (AvgIpc) is 3.05. The highest BCUT2D eigenvalue weighted by atomic mass is 19.4. The number of piperidine rings is 1. The van der Waals surface area contributed by atoms with Crippen molar-refractivity contribution in [3.63, 3.8) is 0 Å². The van der Waals surface area contributed by atoms with Gasteiger partial charge in [-0.1, -0.05) is 0 Å². The maximum atomic E-state index is 12.6. The van der Waals surface area contributed by atoms with Gasteiger partial charge in [-0.05, 0) is 45.6 Å². The van der Waals surface area contributed by atoms with Crippen molar-refractivity contribution in [1.82, 2.24) is 9.88 Å². The van der Waals surface area contributed by atoms with Crippen LogP contribution in [0.15, 0.2) is 18.3 Å². The highest BCUT2D eigenvalue weighted by Gasteiger charge is 2.49. The Labute approximate surface area is 144 Å². The Hall–Kier alpha value is -1.99. The summed E-state index contributed by atoms with van der Waals surface area (Å²) in [4.78, 5) is 17.7. The van der Waals surface area contributed by atoms with Crippen LogP contribution >= 0.6 is 0 Å². The summed E-state index contributed by atoms with van der Waals surface area (Å²) in [6, 6.07) is 2.03. The van der Waals surface area contributed by atoms with Gasteiger partial charge in [0.2, 0.25) is 5.88 Å². The number of hydrogen-bond acceptors (Lipinski definition) is 4. The van der Waals surface area contributed by atoms with Gasteiger partial charge in [-0.3, -0.25) is 0 Å². The van der Waals surface area contributed by atoms with Gasteiger partial charge in [-0.25, -0.2) is 9.78 Å². The van der Waals surface area contributed by atoms with Crippen molar-refractivity contribution >= 4 is 6.09 Å². The van der Waals surface area contributed by atoms with Gasteiger partial charge in [-0.2, -0.15) is 13.2 Å². The lowest BCUT2D eigenvalue weighted by molar-refractivity contribution is -0.137. The zero-order chi connectivity index (χ0) is 18.4. The molecule has 5 nitrogen and oxygen atoms in total. The van der Waals surface area contributed by atoms with Crippen LogP contribution in [0, 0.1) is 5.92 Å². The highest BCUT2D eigenvalue weighted by molar-refractivity contribution is 5.69. The van der Waals surface area contributed by atoms with Crippen LogP contribution in [0.5, 0.6) is 5.88 Å². The fourth-order valence-electron chi connectivity index (χ4n) is 3.40. The SMILES string of the molecule is CC(C)(C)OC(=O)N1CC2CC(Oc3ccc(C(F)(F)F)cn3)[C@H]1C2. The largest absolute Gasteiger partial charge is 0.472 e. The Morgan fingerprint density at radius 2 is 1.96 bits per heavy atom. The molecule has 1 aliphatic carbocycles. The predicted molar refractivity (Wildman–Crippen MR) is 83.1 cm³/mol. The third-order valence-corrected chi connectivity index (χ3v) is 4.39. The lowest BCUT2D eigenvalue weighted by atomic mass is 10.1. The molecule has 2 bridgehead atoms. The minimum Gasteiger partial charge on any atom is -0.472 e. The molecule has 1 saturated carbocycles. The Balaban J connectivity index is 1.65. The van der Waals surface area contributed by atoms with E-state index in [9.17, 15) is 18.0 Å². The first-order valence-corrected chi connectivity index (χ1v) is 8.22. The van der Waals surface area contributed by atoms with Crippen molar-refractivity contribution in [1.29, 1.82) is 0 Å². The Bertz CT molecular complexity index is 640. The molecule has 0 aromatic carbocycles. The van der Waals surface area contributed by atoms with Gasteiger partial charge in [0.15, 0.2) is 0 Å². The van der Waals surface area contributed by atoms with E-state index in [-0.39, 0.29) is 24.1 Å². The summed E-state index contributed by atoms with van der Waals surface area (Å²) in [5.74, 6) is 0.451. The van der Waals surface area contributed by atoms with Crippen molar-refractivity contribution in [2.75, 3.05) is 6.54 Å². The van der Waals surface area contributed by atoms with Crippen molar-refractivity contribution in [2.45, 2.75) is 57.5 Å². The van der Waals surface area contributed by atoms with Gasteiger partial charge in [-0.15, -0.1) is 0 Å². The molecule has 138 valence electrons. The van der Waals surface area contributed by atoms with Gasteiger partial charge in [0.05, 0.1) is 11.6 Å². The first kappa shape index (κ1) is 17.8. The summed E-state index contributed by atoms with van der Waals surface area (Å²) in [6.07, 6.45) is -2.76. The fourth-order valence-corrected chi connectivity index (χ4v) is 3.40. The molecule has 3 atom stereocenters. The zero-order valence-corrected chi connectivity index (χ0v) is 14.3. The highest BCUT2D eigenvalue weighted by Crippen LogP contribution is 2.40. The molecule has 8 heteroatoms. The molecule has 2 aliphatic rings. The van der Waals surface area contributed by atoms with Crippen molar-refractivity contribution < 1.29 is 27.4 Å². The number of rotatable bonds is 2. The van der Waals surface area contributed by atoms with Crippen LogP contribution in [0.25, 0.3) is 0 Å². The number of ether oxygens (including phenoxy) is 2. The van der Waals surface area contributed by atoms with Gasteiger partial charge < -0.3 is 14.4 Å². The van der Waals surface area contributed by atoms with E-state index in [1.165, 1.54) is 6.07 Å². The molecule has 25 heavy (non-hydrogen) atoms. The van der Waals surface area contributed by atoms with Gasteiger partial charge in [0.1, 0.15) is 11.7 Å². The summed E-state index contributed by atoms with van der Waals surface area (Å²) in [6.45, 7) is 6.04. The molecular formula is C17H21F3N2O3. The van der Waals surface area contributed by atoms with E-state index in [0.717, 1.165) is 25.1 Å². The normalized spacial score (nSPS) is 26.0. The molecule has 0 radical (unpaired) electrons. The van der Waals surface area contributed by atoms with E-state index in [1.807, 2.05) is 0 Å². The van der Waals surface area contributed by atoms with Gasteiger partial charge >= 0.3 is 12.3 Å². The fraction of sp³-hybridized carbons (Fsp3) is 0.647. The molecule has 2 fully saturated rings. The molecule has 2 heterocycles. The van der Waals surface area contributed by atoms with Crippen molar-refractivity contribution in [3.05, 3.63) is 23.9 Å². The maximum absolute atomic E-state index is 12.6. The number of fused-ring (bicyclic) bond motifs is 2. The van der Waals surface area contributed by atoms with Crippen LogP contribution < -0.4 is 4.74 Å². The lowest BCUT2D eigenvalue weighted by Gasteiger charge is -2.34. The van der Waals surface area contributed by atoms with Crippen LogP contribution in [0.3, 0.4) is 0 Å². The van der Waals surface area contributed by atoms with E-state index in [2.05, 4.69) is 4.98 Å². The average molecular weight is 358 g/mol. The van der Waals surface area contributed by atoms with Crippen molar-refractivity contribution in [3.8, 4) is 5.88 Å². The topological polar surface area (TPSA) is 51.7 Å². The van der Waals surface area contributed by atoms with Crippen LogP contribution in [-0.2, 0) is 10.9 Å². The van der Waals surface area contributed by atoms with E-state index in [4.69, 9.17) is 9.47 Å². The van der Waals surface area contributed by atoms with Crippen LogP contribution in [0.1, 0.15) is 39.2 Å². The summed E-state index contributed by atoms with van der Waals surface area (Å²) in [5.41, 5.74) is -1.40. The molecule has 1 aromatic rings. The Morgan fingerprint density at radius 1 is 1.24 bits per heavy atom. The number of pyridine rings is 1. The summed E-state index contributed by atoms with van der Waals surface area (Å²) in [7, 11) is 0. The molecule has 2 unspecified atom stereocenters. The predicted octanol–water partition coefficient (Wildman–Crippen LogP) is 3.88. The second-order valence-electron chi connectivity index (χ2n) is 7.58. The van der Waals surface area contributed by atoms with Crippen LogP contribution in [-0.4, -0.2) is 40.3 Å². The number of likely N-dealkylation sites (tertiary alicyclic amines) is 1. The molecule has 1 amide bonds. The van der Waals surface area contributed by atoms with E-state index >= 15 is 0 Å². The summed E-state index contributed by atoms with van der Waals surface area (Å²) >= 11 is 0. The number of hydrogen-bond donors (Lipinski definition) is 0. The quantitative estimate of drug-likeness (QED) is 0.805. The Kier molecular flexibility index (Phi) is 4.33. The Morgan fingerprint density at radius 3 is 2.48 bits per heavy atom. The summed E-state index contributed by atoms with van der Waals surface area (Å²) < 4.78 is 48.9. The first-order chi connectivity index (χ1) is 11.5. The molecule has 0 spiro atoms. The van der Waals surface area contributed by atoms with Gasteiger partial charge in [0, 0.05) is 18.8 Å². The lowest BCUT2D eigenvalue weighted by Crippen LogP contribution is -2.48. The minimum absolute atomic E-state index is 0.134. The monoisotopic (exact) mass is 358 g/mol. The number of carbonyl (C=O) groups excluding carboxylic acids is 1. The minimum atomic E-state index is -4.43. The number of aromatic nitrogens is 1. The molecule has 1 aliphatic heterocycles. The first-order valence-electron chi connectivity index (χ1n) is 8.22.